The van der Waals surface area contributed by atoms with Gasteiger partial charge >= 0.3 is 0 Å². The molecule has 108 valence electrons. The molecule has 2 aromatic rings. The summed E-state index contributed by atoms with van der Waals surface area (Å²) in [6, 6.07) is 14.5. The van der Waals surface area contributed by atoms with Crippen LogP contribution < -0.4 is 16.0 Å². The van der Waals surface area contributed by atoms with Gasteiger partial charge in [0.05, 0.1) is 7.05 Å². The number of hydrogen-bond acceptors (Lipinski definition) is 2. The van der Waals surface area contributed by atoms with E-state index in [0.29, 0.717) is 6.54 Å². The highest BCUT2D eigenvalue weighted by molar-refractivity contribution is 5.92. The number of nitrogens with one attached hydrogen (secondary N) is 2. The zero-order valence-corrected chi connectivity index (χ0v) is 12.1. The van der Waals surface area contributed by atoms with Gasteiger partial charge < -0.3 is 16.0 Å². The molecule has 0 bridgehead atoms. The van der Waals surface area contributed by atoms with Crippen molar-refractivity contribution >= 4 is 23.0 Å². The van der Waals surface area contributed by atoms with Crippen molar-refractivity contribution in [2.24, 2.45) is 0 Å². The molecule has 0 saturated carbocycles. The topological polar surface area (TPSA) is 57.7 Å². The summed E-state index contributed by atoms with van der Waals surface area (Å²) in [5.41, 5.74) is 5.69. The van der Waals surface area contributed by atoms with Crippen LogP contribution in [0.1, 0.15) is 11.1 Å². The normalized spacial score (nSPS) is 12.6. The van der Waals surface area contributed by atoms with Crippen LogP contribution in [0, 0.1) is 0 Å². The van der Waals surface area contributed by atoms with E-state index >= 15 is 0 Å². The van der Waals surface area contributed by atoms with E-state index in [2.05, 4.69) is 34.9 Å². The Labute approximate surface area is 124 Å². The monoisotopic (exact) mass is 282 g/mol. The molecule has 1 aliphatic heterocycles. The number of fused-ring (bicyclic) bond motifs is 2. The van der Waals surface area contributed by atoms with Gasteiger partial charge in [-0.2, -0.15) is 0 Å². The van der Waals surface area contributed by atoms with Crippen molar-refractivity contribution in [2.45, 2.75) is 12.8 Å². The van der Waals surface area contributed by atoms with Crippen molar-refractivity contribution in [1.82, 2.24) is 0 Å². The van der Waals surface area contributed by atoms with Crippen LogP contribution in [0.4, 0.5) is 17.1 Å². The second-order valence-electron chi connectivity index (χ2n) is 5.31. The lowest BCUT2D eigenvalue weighted by atomic mass is 10.0. The lowest BCUT2D eigenvalue weighted by Gasteiger charge is -2.12. The number of anilines is 3. The lowest BCUT2D eigenvalue weighted by molar-refractivity contribution is -0.615. The number of rotatable bonds is 3. The zero-order valence-electron chi connectivity index (χ0n) is 12.1. The van der Waals surface area contributed by atoms with Gasteiger partial charge in [-0.3, -0.25) is 4.79 Å². The van der Waals surface area contributed by atoms with Crippen LogP contribution in [0.15, 0.2) is 42.5 Å². The number of benzene rings is 2. The fourth-order valence-corrected chi connectivity index (χ4v) is 2.66. The van der Waals surface area contributed by atoms with Gasteiger partial charge in [0.15, 0.2) is 6.54 Å². The summed E-state index contributed by atoms with van der Waals surface area (Å²) in [4.78, 5) is 11.7. The summed E-state index contributed by atoms with van der Waals surface area (Å²) >= 11 is 0. The number of quaternary nitrogens is 1. The lowest BCUT2D eigenvalue weighted by Crippen LogP contribution is -2.82. The van der Waals surface area contributed by atoms with Gasteiger partial charge in [0.1, 0.15) is 0 Å². The summed E-state index contributed by atoms with van der Waals surface area (Å²) in [7, 11) is 1.88. The Hall–Kier alpha value is -2.33. The minimum atomic E-state index is 0.0199. The number of amides is 1. The molecular formula is C17H20N3O+. The van der Waals surface area contributed by atoms with Crippen molar-refractivity contribution in [3.8, 4) is 0 Å². The molecule has 0 spiro atoms. The predicted octanol–water partition coefficient (Wildman–Crippen LogP) is 1.66. The van der Waals surface area contributed by atoms with E-state index in [9.17, 15) is 4.79 Å². The third-order valence-corrected chi connectivity index (χ3v) is 3.73. The molecule has 4 heteroatoms. The highest BCUT2D eigenvalue weighted by Crippen LogP contribution is 2.31. The molecule has 21 heavy (non-hydrogen) atoms. The first-order valence-corrected chi connectivity index (χ1v) is 7.32. The van der Waals surface area contributed by atoms with Crippen LogP contribution >= 0.6 is 0 Å². The molecule has 0 radical (unpaired) electrons. The van der Waals surface area contributed by atoms with E-state index < -0.39 is 0 Å². The molecule has 0 saturated heterocycles. The minimum absolute atomic E-state index is 0.0199. The highest BCUT2D eigenvalue weighted by Gasteiger charge is 2.13. The van der Waals surface area contributed by atoms with Crippen molar-refractivity contribution in [3.05, 3.63) is 53.6 Å². The molecule has 0 atom stereocenters. The predicted molar refractivity (Wildman–Crippen MR) is 84.9 cm³/mol. The van der Waals surface area contributed by atoms with E-state index in [1.807, 2.05) is 30.6 Å². The number of hydrogen-bond donors (Lipinski definition) is 3. The summed E-state index contributed by atoms with van der Waals surface area (Å²) in [5.74, 6) is 0.0199. The molecule has 0 fully saturated rings. The summed E-state index contributed by atoms with van der Waals surface area (Å²) in [6.45, 7) is 0.438. The number of nitrogens with two attached hydrogens (primary N) is 1. The average molecular weight is 282 g/mol. The maximum absolute atomic E-state index is 11.7. The molecular weight excluding hydrogens is 262 g/mol. The van der Waals surface area contributed by atoms with Gasteiger partial charge in [-0.25, -0.2) is 0 Å². The number of likely N-dealkylation sites (N-methyl/N-ethyl adjacent to an activating group) is 1. The number of aryl methyl sites for hydroxylation is 2. The smallest absolute Gasteiger partial charge is 0.279 e. The number of carbonyl (C=O) groups is 1. The minimum Gasteiger partial charge on any atom is -0.355 e. The fourth-order valence-electron chi connectivity index (χ4n) is 2.66. The fraction of sp³-hybridized carbons (Fsp3) is 0.235. The second-order valence-corrected chi connectivity index (χ2v) is 5.31. The Balaban J connectivity index is 1.86. The first-order chi connectivity index (χ1) is 10.3. The van der Waals surface area contributed by atoms with Crippen LogP contribution in [0.5, 0.6) is 0 Å². The van der Waals surface area contributed by atoms with Gasteiger partial charge in [-0.1, -0.05) is 24.3 Å². The highest BCUT2D eigenvalue weighted by atomic mass is 16.1. The van der Waals surface area contributed by atoms with Gasteiger partial charge in [0.2, 0.25) is 0 Å². The van der Waals surface area contributed by atoms with Crippen molar-refractivity contribution in [2.75, 3.05) is 24.2 Å². The Morgan fingerprint density at radius 3 is 2.71 bits per heavy atom. The molecule has 1 amide bonds. The van der Waals surface area contributed by atoms with Gasteiger partial charge in [-0.15, -0.1) is 0 Å². The summed E-state index contributed by atoms with van der Waals surface area (Å²) in [5, 5.41) is 8.27. The van der Waals surface area contributed by atoms with Crippen LogP contribution in [0.2, 0.25) is 0 Å². The average Bonchev–Trinajstić information content (AvgIpc) is 2.66. The molecule has 4 nitrogen and oxygen atoms in total. The molecule has 0 unspecified atom stereocenters. The van der Waals surface area contributed by atoms with Crippen molar-refractivity contribution in [3.63, 3.8) is 0 Å². The van der Waals surface area contributed by atoms with E-state index in [1.165, 1.54) is 11.1 Å². The Kier molecular flexibility index (Phi) is 3.88. The second kappa shape index (κ2) is 5.97. The zero-order chi connectivity index (χ0) is 14.7. The van der Waals surface area contributed by atoms with Gasteiger partial charge in [0, 0.05) is 17.1 Å². The Morgan fingerprint density at radius 2 is 1.90 bits per heavy atom. The van der Waals surface area contributed by atoms with E-state index in [4.69, 9.17) is 0 Å². The third kappa shape index (κ3) is 3.06. The quantitative estimate of drug-likeness (QED) is 0.802. The van der Waals surface area contributed by atoms with Crippen molar-refractivity contribution < 1.29 is 10.1 Å². The molecule has 0 aromatic heterocycles. The van der Waals surface area contributed by atoms with Gasteiger partial charge in [-0.05, 0) is 42.2 Å². The molecule has 2 aromatic carbocycles. The number of carbonyl (C=O) groups excluding carboxylic acids is 1. The molecule has 1 heterocycles. The molecule has 0 aliphatic carbocycles. The summed E-state index contributed by atoms with van der Waals surface area (Å²) in [6.07, 6.45) is 2.04. The maximum atomic E-state index is 11.7. The standard InChI is InChI=1S/C17H19N3O/c1-18-11-17(21)19-14-9-8-13-7-6-12-4-2-3-5-15(12)20-16(13)10-14/h2-5,8-10,18,20H,6-7,11H2,1H3,(H,19,21)/p+1. The van der Waals surface area contributed by atoms with Gasteiger partial charge in [0.25, 0.3) is 5.91 Å². The maximum Gasteiger partial charge on any atom is 0.279 e. The van der Waals surface area contributed by atoms with E-state index in [0.717, 1.165) is 29.9 Å². The molecule has 3 rings (SSSR count). The SMILES string of the molecule is C[NH2+]CC(=O)Nc1ccc2c(c1)Nc1ccccc1CC2. The van der Waals surface area contributed by atoms with Crippen LogP contribution in [0.3, 0.4) is 0 Å². The first-order valence-electron chi connectivity index (χ1n) is 7.32. The van der Waals surface area contributed by atoms with Crippen LogP contribution in [0.25, 0.3) is 0 Å². The largest absolute Gasteiger partial charge is 0.355 e. The van der Waals surface area contributed by atoms with Crippen molar-refractivity contribution in [1.29, 1.82) is 0 Å². The Morgan fingerprint density at radius 1 is 1.14 bits per heavy atom. The first kappa shape index (κ1) is 13.6. The molecule has 1 aliphatic rings. The van der Waals surface area contributed by atoms with Crippen LogP contribution in [-0.4, -0.2) is 19.5 Å². The Bertz CT molecular complexity index is 667. The summed E-state index contributed by atoms with van der Waals surface area (Å²) < 4.78 is 0. The number of para-hydroxylation sites is 1. The third-order valence-electron chi connectivity index (χ3n) is 3.73. The van der Waals surface area contributed by atoms with E-state index in [-0.39, 0.29) is 5.91 Å². The molecule has 4 N–H and O–H groups in total. The van der Waals surface area contributed by atoms with Crippen LogP contribution in [-0.2, 0) is 17.6 Å². The van der Waals surface area contributed by atoms with E-state index in [1.54, 1.807) is 0 Å².